The van der Waals surface area contributed by atoms with Gasteiger partial charge in [-0.1, -0.05) is 0 Å². The molecule has 2 heterocycles. The predicted molar refractivity (Wildman–Crippen MR) is 52.0 cm³/mol. The van der Waals surface area contributed by atoms with Crippen LogP contribution < -0.4 is 0 Å². The highest BCUT2D eigenvalue weighted by molar-refractivity contribution is 5.70. The standard InChI is InChI=1S/C9H14N4O2/c1-12-6-10-11-8(12)5-13-3-2-7(4-13)9(14)15/h6-7H,2-5H2,1H3,(H,14,15)/t7-/m0/s1. The van der Waals surface area contributed by atoms with E-state index < -0.39 is 5.97 Å². The molecular weight excluding hydrogens is 196 g/mol. The summed E-state index contributed by atoms with van der Waals surface area (Å²) in [4.78, 5) is 12.9. The molecule has 0 spiro atoms. The van der Waals surface area contributed by atoms with Gasteiger partial charge in [-0.25, -0.2) is 0 Å². The molecule has 82 valence electrons. The highest BCUT2D eigenvalue weighted by Gasteiger charge is 2.28. The van der Waals surface area contributed by atoms with Crippen molar-refractivity contribution in [2.45, 2.75) is 13.0 Å². The van der Waals surface area contributed by atoms with E-state index in [0.717, 1.165) is 18.8 Å². The van der Waals surface area contributed by atoms with Gasteiger partial charge in [0, 0.05) is 13.6 Å². The van der Waals surface area contributed by atoms with Crippen molar-refractivity contribution in [2.24, 2.45) is 13.0 Å². The van der Waals surface area contributed by atoms with Crippen LogP contribution in [0.1, 0.15) is 12.2 Å². The fourth-order valence-corrected chi connectivity index (χ4v) is 1.83. The molecule has 1 aromatic heterocycles. The minimum atomic E-state index is -0.699. The first-order chi connectivity index (χ1) is 7.16. The summed E-state index contributed by atoms with van der Waals surface area (Å²) in [6.07, 6.45) is 2.38. The van der Waals surface area contributed by atoms with Crippen molar-refractivity contribution in [2.75, 3.05) is 13.1 Å². The van der Waals surface area contributed by atoms with Crippen molar-refractivity contribution >= 4 is 5.97 Å². The maximum absolute atomic E-state index is 10.8. The SMILES string of the molecule is Cn1cnnc1CN1CC[C@H](C(=O)O)C1. The zero-order valence-electron chi connectivity index (χ0n) is 8.63. The van der Waals surface area contributed by atoms with Crippen molar-refractivity contribution < 1.29 is 9.90 Å². The first-order valence-corrected chi connectivity index (χ1v) is 4.95. The van der Waals surface area contributed by atoms with Gasteiger partial charge in [-0.2, -0.15) is 0 Å². The molecule has 0 aromatic carbocycles. The third-order valence-corrected chi connectivity index (χ3v) is 2.79. The van der Waals surface area contributed by atoms with Crippen LogP contribution in [0, 0.1) is 5.92 Å². The van der Waals surface area contributed by atoms with E-state index in [0.29, 0.717) is 13.1 Å². The molecule has 2 rings (SSSR count). The van der Waals surface area contributed by atoms with Gasteiger partial charge in [-0.3, -0.25) is 9.69 Å². The van der Waals surface area contributed by atoms with Crippen LogP contribution in [0.15, 0.2) is 6.33 Å². The number of nitrogens with zero attached hydrogens (tertiary/aromatic N) is 4. The van der Waals surface area contributed by atoms with E-state index in [-0.39, 0.29) is 5.92 Å². The van der Waals surface area contributed by atoms with Gasteiger partial charge in [0.05, 0.1) is 12.5 Å². The van der Waals surface area contributed by atoms with E-state index in [4.69, 9.17) is 5.11 Å². The molecule has 1 fully saturated rings. The topological polar surface area (TPSA) is 71.2 Å². The largest absolute Gasteiger partial charge is 0.481 e. The van der Waals surface area contributed by atoms with E-state index >= 15 is 0 Å². The molecule has 0 radical (unpaired) electrons. The Labute approximate surface area is 87.5 Å². The Bertz CT molecular complexity index is 363. The van der Waals surface area contributed by atoms with Gasteiger partial charge in [0.1, 0.15) is 12.2 Å². The Hall–Kier alpha value is -1.43. The molecule has 1 atom stereocenters. The number of aliphatic carboxylic acids is 1. The number of carbonyl (C=O) groups is 1. The highest BCUT2D eigenvalue weighted by atomic mass is 16.4. The number of rotatable bonds is 3. The van der Waals surface area contributed by atoms with Gasteiger partial charge in [-0.15, -0.1) is 10.2 Å². The van der Waals surface area contributed by atoms with Gasteiger partial charge in [0.15, 0.2) is 0 Å². The molecule has 6 heteroatoms. The molecule has 15 heavy (non-hydrogen) atoms. The fraction of sp³-hybridized carbons (Fsp3) is 0.667. The van der Waals surface area contributed by atoms with Gasteiger partial charge in [0.2, 0.25) is 0 Å². The van der Waals surface area contributed by atoms with Gasteiger partial charge in [-0.05, 0) is 13.0 Å². The van der Waals surface area contributed by atoms with Crippen LogP contribution in [0.4, 0.5) is 0 Å². The van der Waals surface area contributed by atoms with Crippen molar-refractivity contribution in [1.29, 1.82) is 0 Å². The minimum Gasteiger partial charge on any atom is -0.481 e. The summed E-state index contributed by atoms with van der Waals surface area (Å²) in [7, 11) is 1.89. The van der Waals surface area contributed by atoms with Crippen LogP contribution in [0.3, 0.4) is 0 Å². The molecule has 0 saturated carbocycles. The average molecular weight is 210 g/mol. The Morgan fingerprint density at radius 1 is 1.73 bits per heavy atom. The molecule has 1 saturated heterocycles. The monoisotopic (exact) mass is 210 g/mol. The Morgan fingerprint density at radius 3 is 3.07 bits per heavy atom. The molecule has 1 aromatic rings. The molecule has 0 bridgehead atoms. The van der Waals surface area contributed by atoms with Crippen LogP contribution >= 0.6 is 0 Å². The number of aromatic nitrogens is 3. The Balaban J connectivity index is 1.93. The van der Waals surface area contributed by atoms with Crippen molar-refractivity contribution in [3.8, 4) is 0 Å². The quantitative estimate of drug-likeness (QED) is 0.743. The lowest BCUT2D eigenvalue weighted by molar-refractivity contribution is -0.141. The third kappa shape index (κ3) is 2.15. The van der Waals surface area contributed by atoms with Crippen LogP contribution in [0.2, 0.25) is 0 Å². The number of hydrogen-bond donors (Lipinski definition) is 1. The zero-order valence-corrected chi connectivity index (χ0v) is 8.63. The predicted octanol–water partition coefficient (Wildman–Crippen LogP) is -0.278. The second kappa shape index (κ2) is 3.98. The van der Waals surface area contributed by atoms with Crippen molar-refractivity contribution in [3.05, 3.63) is 12.2 Å². The lowest BCUT2D eigenvalue weighted by Gasteiger charge is -2.13. The van der Waals surface area contributed by atoms with Crippen molar-refractivity contribution in [3.63, 3.8) is 0 Å². The first-order valence-electron chi connectivity index (χ1n) is 4.95. The molecule has 0 unspecified atom stereocenters. The van der Waals surface area contributed by atoms with Gasteiger partial charge >= 0.3 is 5.97 Å². The number of hydrogen-bond acceptors (Lipinski definition) is 4. The lowest BCUT2D eigenvalue weighted by atomic mass is 10.1. The van der Waals surface area contributed by atoms with E-state index in [1.807, 2.05) is 11.6 Å². The van der Waals surface area contributed by atoms with Crippen LogP contribution in [-0.2, 0) is 18.4 Å². The Kier molecular flexibility index (Phi) is 2.68. The van der Waals surface area contributed by atoms with E-state index in [1.165, 1.54) is 0 Å². The number of carboxylic acids is 1. The van der Waals surface area contributed by atoms with E-state index in [9.17, 15) is 4.79 Å². The first kappa shape index (κ1) is 10.1. The maximum Gasteiger partial charge on any atom is 0.307 e. The van der Waals surface area contributed by atoms with Crippen molar-refractivity contribution in [1.82, 2.24) is 19.7 Å². The van der Waals surface area contributed by atoms with Crippen LogP contribution in [-0.4, -0.2) is 43.8 Å². The van der Waals surface area contributed by atoms with E-state index in [1.54, 1.807) is 6.33 Å². The van der Waals surface area contributed by atoms with E-state index in [2.05, 4.69) is 15.1 Å². The molecule has 6 nitrogen and oxygen atoms in total. The summed E-state index contributed by atoms with van der Waals surface area (Å²) >= 11 is 0. The molecule has 0 amide bonds. The second-order valence-corrected chi connectivity index (χ2v) is 3.92. The summed E-state index contributed by atoms with van der Waals surface area (Å²) in [6.45, 7) is 2.12. The summed E-state index contributed by atoms with van der Waals surface area (Å²) in [5.41, 5.74) is 0. The number of likely N-dealkylation sites (tertiary alicyclic amines) is 1. The normalized spacial score (nSPS) is 22.1. The van der Waals surface area contributed by atoms with Gasteiger partial charge < -0.3 is 9.67 Å². The average Bonchev–Trinajstić information content (AvgIpc) is 2.77. The summed E-state index contributed by atoms with van der Waals surface area (Å²) in [6, 6.07) is 0. The highest BCUT2D eigenvalue weighted by Crippen LogP contribution is 2.17. The fourth-order valence-electron chi connectivity index (χ4n) is 1.83. The summed E-state index contributed by atoms with van der Waals surface area (Å²) in [5.74, 6) is -0.0465. The second-order valence-electron chi connectivity index (χ2n) is 3.92. The molecule has 1 aliphatic rings. The lowest BCUT2D eigenvalue weighted by Crippen LogP contribution is -2.24. The number of carboxylic acid groups (broad SMARTS) is 1. The van der Waals surface area contributed by atoms with Gasteiger partial charge in [0.25, 0.3) is 0 Å². The third-order valence-electron chi connectivity index (χ3n) is 2.79. The van der Waals surface area contributed by atoms with Crippen LogP contribution in [0.5, 0.6) is 0 Å². The van der Waals surface area contributed by atoms with Crippen LogP contribution in [0.25, 0.3) is 0 Å². The summed E-state index contributed by atoms with van der Waals surface area (Å²) in [5, 5.41) is 16.6. The maximum atomic E-state index is 10.8. The zero-order chi connectivity index (χ0) is 10.8. The Morgan fingerprint density at radius 2 is 2.53 bits per heavy atom. The summed E-state index contributed by atoms with van der Waals surface area (Å²) < 4.78 is 1.86. The molecule has 1 aliphatic heterocycles. The smallest absolute Gasteiger partial charge is 0.307 e. The number of aryl methyl sites for hydroxylation is 1. The molecule has 0 aliphatic carbocycles. The molecule has 1 N–H and O–H groups in total. The molecular formula is C9H14N4O2. The minimum absolute atomic E-state index is 0.224.